The lowest BCUT2D eigenvalue weighted by Crippen LogP contribution is -2.37. The van der Waals surface area contributed by atoms with Gasteiger partial charge in [-0.25, -0.2) is 4.57 Å². The van der Waals surface area contributed by atoms with Gasteiger partial charge in [0.2, 0.25) is 0 Å². The molecule has 0 radical (unpaired) electrons. The van der Waals surface area contributed by atoms with Crippen molar-refractivity contribution in [2.45, 2.75) is 277 Å². The van der Waals surface area contributed by atoms with E-state index in [2.05, 4.69) is 98.9 Å². The Hall–Kier alpha value is -2.81. The van der Waals surface area contributed by atoms with Crippen LogP contribution >= 0.6 is 7.82 Å². The van der Waals surface area contributed by atoms with Gasteiger partial charge in [-0.3, -0.25) is 18.6 Å². The normalized spacial score (nSPS) is 13.8. The Morgan fingerprint density at radius 2 is 0.750 bits per heavy atom. The number of quaternary nitrogens is 1. The number of nitrogens with zero attached hydrogens (tertiary/aromatic N) is 1. The van der Waals surface area contributed by atoms with Crippen LogP contribution in [0.5, 0.6) is 0 Å². The first-order valence-corrected chi connectivity index (χ1v) is 32.8. The number of hydrogen-bond donors (Lipinski definition) is 1. The van der Waals surface area contributed by atoms with Gasteiger partial charge in [0, 0.05) is 12.8 Å². The fourth-order valence-electron chi connectivity index (χ4n) is 8.59. The summed E-state index contributed by atoms with van der Waals surface area (Å²) in [6.45, 7) is 4.28. The van der Waals surface area contributed by atoms with Gasteiger partial charge in [-0.05, 0) is 83.5 Å². The van der Waals surface area contributed by atoms with E-state index in [1.807, 2.05) is 21.1 Å². The maximum atomic E-state index is 12.8. The summed E-state index contributed by atoms with van der Waals surface area (Å²) in [6, 6.07) is 0. The van der Waals surface area contributed by atoms with Gasteiger partial charge < -0.3 is 18.9 Å². The summed E-state index contributed by atoms with van der Waals surface area (Å²) < 4.78 is 34.5. The van der Waals surface area contributed by atoms with Crippen molar-refractivity contribution in [1.29, 1.82) is 0 Å². The number of unbranched alkanes of at least 4 members (excludes halogenated alkanes) is 29. The van der Waals surface area contributed by atoms with E-state index in [9.17, 15) is 19.0 Å². The van der Waals surface area contributed by atoms with Crippen molar-refractivity contribution >= 4 is 19.8 Å². The SMILES string of the molecule is CC/C=C\C/C=C\C/C=C\C/C=C\C/C=C\C/C=C\CCCCCCCCCCCCCCCCCCCCCCCCC(=O)OC(COC(=O)CCCCCCC/C=C\CCCC)COP(=O)(O)OCC[N+](C)(C)C. The summed E-state index contributed by atoms with van der Waals surface area (Å²) in [7, 11) is 1.48. The summed E-state index contributed by atoms with van der Waals surface area (Å²) in [5.74, 6) is -0.802. The first kappa shape index (κ1) is 73.2. The van der Waals surface area contributed by atoms with E-state index in [1.54, 1.807) is 0 Å². The smallest absolute Gasteiger partial charge is 0.462 e. The number of carbonyl (C=O) groups excluding carboxylic acids is 2. The minimum atomic E-state index is -4.38. The lowest BCUT2D eigenvalue weighted by atomic mass is 10.0. The third-order valence-corrected chi connectivity index (χ3v) is 14.4. The molecule has 2 atom stereocenters. The second kappa shape index (κ2) is 56.9. The van der Waals surface area contributed by atoms with Crippen molar-refractivity contribution < 1.29 is 42.1 Å². The number of hydrogen-bond acceptors (Lipinski definition) is 7. The molecule has 0 saturated carbocycles. The van der Waals surface area contributed by atoms with Crippen molar-refractivity contribution in [3.8, 4) is 0 Å². The number of ether oxygens (including phenoxy) is 2. The summed E-state index contributed by atoms with van der Waals surface area (Å²) in [5, 5.41) is 0. The molecule has 0 bridgehead atoms. The lowest BCUT2D eigenvalue weighted by molar-refractivity contribution is -0.870. The molecule has 76 heavy (non-hydrogen) atoms. The fraction of sp³-hybridized carbons (Fsp3) is 0.758. The van der Waals surface area contributed by atoms with Gasteiger partial charge in [0.05, 0.1) is 27.7 Å². The Morgan fingerprint density at radius 3 is 1.13 bits per heavy atom. The van der Waals surface area contributed by atoms with Gasteiger partial charge in [0.15, 0.2) is 6.10 Å². The highest BCUT2D eigenvalue weighted by molar-refractivity contribution is 7.47. The summed E-state index contributed by atoms with van der Waals surface area (Å²) in [4.78, 5) is 35.6. The number of esters is 2. The molecule has 0 fully saturated rings. The Morgan fingerprint density at radius 1 is 0.421 bits per heavy atom. The van der Waals surface area contributed by atoms with Crippen LogP contribution in [-0.2, 0) is 32.7 Å². The number of allylic oxidation sites excluding steroid dienone is 14. The maximum Gasteiger partial charge on any atom is 0.472 e. The van der Waals surface area contributed by atoms with Crippen molar-refractivity contribution in [3.05, 3.63) is 85.1 Å². The molecule has 0 amide bonds. The Balaban J connectivity index is 3.87. The standard InChI is InChI=1S/C66H118NO8P/c1-6-8-10-12-14-16-18-19-20-21-22-23-24-25-26-27-28-29-30-31-32-33-34-35-36-37-38-39-40-41-42-43-44-45-46-47-49-51-53-55-57-59-66(69)75-64(63-74-76(70,71)73-61-60-67(3,4)5)62-72-65(68)58-56-54-52-50-48-17-15-13-11-9-7-2/h8,10,13-16,19-20,22-23,25-26,28-29,64H,6-7,9,11-12,17-18,21,24,27,30-63H2,1-5H3/p+1/b10-8-,15-13-,16-14-,20-19-,23-22-,26-25-,29-28-. The largest absolute Gasteiger partial charge is 0.472 e. The predicted molar refractivity (Wildman–Crippen MR) is 325 cm³/mol. The number of phosphoric ester groups is 1. The predicted octanol–water partition coefficient (Wildman–Crippen LogP) is 19.8. The molecule has 2 unspecified atom stereocenters. The summed E-state index contributed by atoms with van der Waals surface area (Å²) >= 11 is 0. The Kier molecular flexibility index (Phi) is 54.8. The van der Waals surface area contributed by atoms with Crippen molar-refractivity contribution in [1.82, 2.24) is 0 Å². The second-order valence-corrected chi connectivity index (χ2v) is 23.5. The van der Waals surface area contributed by atoms with E-state index in [-0.39, 0.29) is 32.0 Å². The molecule has 0 aliphatic rings. The molecule has 440 valence electrons. The van der Waals surface area contributed by atoms with Crippen molar-refractivity contribution in [2.24, 2.45) is 0 Å². The van der Waals surface area contributed by atoms with Gasteiger partial charge in [-0.2, -0.15) is 0 Å². The number of phosphoric acid groups is 1. The maximum absolute atomic E-state index is 12.8. The number of carbonyl (C=O) groups is 2. The van der Waals surface area contributed by atoms with Crippen LogP contribution in [0, 0.1) is 0 Å². The average molecular weight is 1090 g/mol. The van der Waals surface area contributed by atoms with Crippen LogP contribution in [0.2, 0.25) is 0 Å². The van der Waals surface area contributed by atoms with Gasteiger partial charge in [0.1, 0.15) is 19.8 Å². The lowest BCUT2D eigenvalue weighted by Gasteiger charge is -2.24. The zero-order chi connectivity index (χ0) is 55.6. The van der Waals surface area contributed by atoms with E-state index in [0.717, 1.165) is 96.3 Å². The van der Waals surface area contributed by atoms with Gasteiger partial charge in [-0.15, -0.1) is 0 Å². The molecule has 0 aromatic heterocycles. The van der Waals surface area contributed by atoms with E-state index in [1.165, 1.54) is 141 Å². The average Bonchev–Trinajstić information content (AvgIpc) is 3.38. The van der Waals surface area contributed by atoms with E-state index in [4.69, 9.17) is 18.5 Å². The van der Waals surface area contributed by atoms with Crippen LogP contribution < -0.4 is 0 Å². The van der Waals surface area contributed by atoms with Gasteiger partial charge in [-0.1, -0.05) is 259 Å². The quantitative estimate of drug-likeness (QED) is 0.0211. The highest BCUT2D eigenvalue weighted by Crippen LogP contribution is 2.43. The molecule has 0 spiro atoms. The summed E-state index contributed by atoms with van der Waals surface area (Å²) in [5.41, 5.74) is 0. The molecule has 1 N–H and O–H groups in total. The summed E-state index contributed by atoms with van der Waals surface area (Å²) in [6.07, 6.45) is 77.0. The molecule has 10 heteroatoms. The molecule has 0 aromatic rings. The van der Waals surface area contributed by atoms with Gasteiger partial charge >= 0.3 is 19.8 Å². The van der Waals surface area contributed by atoms with Crippen LogP contribution in [0.15, 0.2) is 85.1 Å². The molecular weight excluding hydrogens is 966 g/mol. The number of rotatable bonds is 57. The molecule has 0 rings (SSSR count). The zero-order valence-corrected chi connectivity index (χ0v) is 50.9. The van der Waals surface area contributed by atoms with Crippen LogP contribution in [0.25, 0.3) is 0 Å². The molecular formula is C66H119NO8P+. The third-order valence-electron chi connectivity index (χ3n) is 13.4. The van der Waals surface area contributed by atoms with Crippen LogP contribution in [0.1, 0.15) is 271 Å². The third kappa shape index (κ3) is 60.4. The molecule has 0 heterocycles. The first-order valence-electron chi connectivity index (χ1n) is 31.3. The molecule has 0 aliphatic heterocycles. The van der Waals surface area contributed by atoms with Crippen LogP contribution in [-0.4, -0.2) is 74.9 Å². The monoisotopic (exact) mass is 1080 g/mol. The minimum absolute atomic E-state index is 0.0302. The number of likely N-dealkylation sites (N-methyl/N-ethyl adjacent to an activating group) is 1. The van der Waals surface area contributed by atoms with E-state index in [0.29, 0.717) is 17.4 Å². The van der Waals surface area contributed by atoms with E-state index < -0.39 is 26.5 Å². The fourth-order valence-corrected chi connectivity index (χ4v) is 9.33. The molecule has 0 aliphatic carbocycles. The first-order chi connectivity index (χ1) is 37.0. The topological polar surface area (TPSA) is 108 Å². The minimum Gasteiger partial charge on any atom is -0.462 e. The van der Waals surface area contributed by atoms with Gasteiger partial charge in [0.25, 0.3) is 0 Å². The highest BCUT2D eigenvalue weighted by atomic mass is 31.2. The highest BCUT2D eigenvalue weighted by Gasteiger charge is 2.27. The van der Waals surface area contributed by atoms with Crippen LogP contribution in [0.4, 0.5) is 0 Å². The molecule has 0 aromatic carbocycles. The van der Waals surface area contributed by atoms with Crippen molar-refractivity contribution in [2.75, 3.05) is 47.5 Å². The molecule has 9 nitrogen and oxygen atoms in total. The Labute approximate surface area is 469 Å². The van der Waals surface area contributed by atoms with Crippen LogP contribution in [0.3, 0.4) is 0 Å². The van der Waals surface area contributed by atoms with Crippen molar-refractivity contribution in [3.63, 3.8) is 0 Å². The van der Waals surface area contributed by atoms with E-state index >= 15 is 0 Å². The molecule has 0 saturated heterocycles. The Bertz CT molecular complexity index is 1560. The second-order valence-electron chi connectivity index (χ2n) is 22.1. The zero-order valence-electron chi connectivity index (χ0n) is 50.0.